The third kappa shape index (κ3) is 3.33. The molecule has 1 saturated heterocycles. The zero-order valence-electron chi connectivity index (χ0n) is 14.4. The van der Waals surface area contributed by atoms with Crippen LogP contribution in [0.3, 0.4) is 0 Å². The van der Waals surface area contributed by atoms with E-state index >= 15 is 0 Å². The van der Waals surface area contributed by atoms with Crippen LogP contribution >= 0.6 is 0 Å². The molecule has 0 atom stereocenters. The van der Waals surface area contributed by atoms with Crippen molar-refractivity contribution in [2.75, 3.05) is 31.1 Å². The monoisotopic (exact) mass is 352 g/mol. The Bertz CT molecular complexity index is 909. The van der Waals surface area contributed by atoms with Gasteiger partial charge in [0.2, 0.25) is 0 Å². The van der Waals surface area contributed by atoms with Gasteiger partial charge >= 0.3 is 0 Å². The first-order valence-electron chi connectivity index (χ1n) is 8.67. The topological polar surface area (TPSA) is 62.2 Å². The number of hydrogen-bond donors (Lipinski definition) is 1. The fraction of sp³-hybridized carbons (Fsp3) is 0.263. The van der Waals surface area contributed by atoms with Gasteiger partial charge in [-0.1, -0.05) is 6.07 Å². The fourth-order valence-corrected chi connectivity index (χ4v) is 3.22. The van der Waals surface area contributed by atoms with Crippen LogP contribution in [0.2, 0.25) is 0 Å². The Morgan fingerprint density at radius 1 is 1.08 bits per heavy atom. The minimum Gasteiger partial charge on any atom is -0.370 e. The van der Waals surface area contributed by atoms with Gasteiger partial charge in [-0.15, -0.1) is 0 Å². The fourth-order valence-electron chi connectivity index (χ4n) is 3.22. The first-order valence-corrected chi connectivity index (χ1v) is 8.67. The highest BCUT2D eigenvalue weighted by Crippen LogP contribution is 2.17. The van der Waals surface area contributed by atoms with Crippen LogP contribution in [0.25, 0.3) is 5.52 Å². The minimum atomic E-state index is -0.212. The zero-order valence-corrected chi connectivity index (χ0v) is 14.4. The second kappa shape index (κ2) is 7.03. The number of piperazine rings is 1. The molecule has 4 rings (SSSR count). The minimum absolute atomic E-state index is 0.212. The number of aromatic nitrogens is 2. The molecule has 0 unspecified atom stereocenters. The van der Waals surface area contributed by atoms with Crippen molar-refractivity contribution in [1.29, 1.82) is 0 Å². The molecule has 1 fully saturated rings. The van der Waals surface area contributed by atoms with Crippen molar-refractivity contribution in [2.45, 2.75) is 6.54 Å². The third-order valence-electron chi connectivity index (χ3n) is 4.71. The van der Waals surface area contributed by atoms with Gasteiger partial charge in [0.25, 0.3) is 0 Å². The molecule has 0 radical (unpaired) electrons. The molecule has 1 aliphatic rings. The normalized spacial score (nSPS) is 15.7. The summed E-state index contributed by atoms with van der Waals surface area (Å²) >= 11 is 0. The van der Waals surface area contributed by atoms with E-state index in [0.29, 0.717) is 12.5 Å². The quantitative estimate of drug-likeness (QED) is 0.579. The SMILES string of the molecule is NC(=NCc1cnn2ccccc12)N1CCN(c2ccc(F)cc2)CC1. The number of pyridine rings is 1. The number of rotatable bonds is 3. The van der Waals surface area contributed by atoms with Crippen LogP contribution in [-0.4, -0.2) is 46.7 Å². The third-order valence-corrected chi connectivity index (χ3v) is 4.71. The van der Waals surface area contributed by atoms with Gasteiger partial charge in [-0.3, -0.25) is 0 Å². The molecule has 0 bridgehead atoms. The Morgan fingerprint density at radius 2 is 1.85 bits per heavy atom. The summed E-state index contributed by atoms with van der Waals surface area (Å²) in [5, 5.41) is 4.32. The molecule has 1 aliphatic heterocycles. The number of anilines is 1. The Kier molecular flexibility index (Phi) is 4.43. The zero-order chi connectivity index (χ0) is 17.9. The van der Waals surface area contributed by atoms with Crippen molar-refractivity contribution in [3.05, 3.63) is 66.2 Å². The van der Waals surface area contributed by atoms with Crippen LogP contribution < -0.4 is 10.6 Å². The Labute approximate surface area is 151 Å². The van der Waals surface area contributed by atoms with E-state index in [-0.39, 0.29) is 5.82 Å². The van der Waals surface area contributed by atoms with Crippen molar-refractivity contribution < 1.29 is 4.39 Å². The second-order valence-electron chi connectivity index (χ2n) is 6.33. The van der Waals surface area contributed by atoms with Gasteiger partial charge in [0.05, 0.1) is 18.3 Å². The highest BCUT2D eigenvalue weighted by molar-refractivity contribution is 5.78. The molecule has 0 spiro atoms. The smallest absolute Gasteiger partial charge is 0.191 e. The van der Waals surface area contributed by atoms with Crippen LogP contribution in [0.4, 0.5) is 10.1 Å². The summed E-state index contributed by atoms with van der Waals surface area (Å²) in [7, 11) is 0. The predicted octanol–water partition coefficient (Wildman–Crippen LogP) is 2.11. The molecular formula is C19H21FN6. The highest BCUT2D eigenvalue weighted by Gasteiger charge is 2.18. The van der Waals surface area contributed by atoms with Gasteiger partial charge in [0.1, 0.15) is 5.82 Å². The maximum Gasteiger partial charge on any atom is 0.191 e. The van der Waals surface area contributed by atoms with E-state index in [1.165, 1.54) is 12.1 Å². The molecule has 2 N–H and O–H groups in total. The van der Waals surface area contributed by atoms with E-state index in [4.69, 9.17) is 5.73 Å². The average molecular weight is 352 g/mol. The van der Waals surface area contributed by atoms with Gasteiger partial charge in [-0.2, -0.15) is 5.10 Å². The van der Waals surface area contributed by atoms with E-state index in [9.17, 15) is 4.39 Å². The molecule has 6 nitrogen and oxygen atoms in total. The molecule has 0 aliphatic carbocycles. The van der Waals surface area contributed by atoms with Crippen molar-refractivity contribution in [3.63, 3.8) is 0 Å². The van der Waals surface area contributed by atoms with Crippen LogP contribution in [0.1, 0.15) is 5.56 Å². The lowest BCUT2D eigenvalue weighted by Crippen LogP contribution is -2.51. The van der Waals surface area contributed by atoms with E-state index in [0.717, 1.165) is 42.9 Å². The van der Waals surface area contributed by atoms with E-state index in [1.807, 2.05) is 47.2 Å². The molecule has 1 aromatic carbocycles. The van der Waals surface area contributed by atoms with Gasteiger partial charge in [0.15, 0.2) is 5.96 Å². The first-order chi connectivity index (χ1) is 12.7. The van der Waals surface area contributed by atoms with Gasteiger partial charge in [0, 0.05) is 43.6 Å². The summed E-state index contributed by atoms with van der Waals surface area (Å²) in [6.45, 7) is 3.76. The largest absolute Gasteiger partial charge is 0.370 e. The van der Waals surface area contributed by atoms with Crippen molar-refractivity contribution in [3.8, 4) is 0 Å². The molecule has 26 heavy (non-hydrogen) atoms. The van der Waals surface area contributed by atoms with E-state index in [2.05, 4.69) is 19.9 Å². The number of halogens is 1. The number of aliphatic imine (C=N–C) groups is 1. The van der Waals surface area contributed by atoms with Gasteiger partial charge < -0.3 is 15.5 Å². The molecule has 0 saturated carbocycles. The van der Waals surface area contributed by atoms with Crippen LogP contribution in [0.15, 0.2) is 59.9 Å². The van der Waals surface area contributed by atoms with Crippen molar-refractivity contribution >= 4 is 17.2 Å². The Hall–Kier alpha value is -3.09. The lowest BCUT2D eigenvalue weighted by molar-refractivity contribution is 0.380. The summed E-state index contributed by atoms with van der Waals surface area (Å²) in [5.41, 5.74) is 9.33. The van der Waals surface area contributed by atoms with Crippen LogP contribution in [-0.2, 0) is 6.54 Å². The summed E-state index contributed by atoms with van der Waals surface area (Å²) in [6.07, 6.45) is 3.75. The number of hydrogen-bond acceptors (Lipinski definition) is 3. The van der Waals surface area contributed by atoms with Crippen LogP contribution in [0.5, 0.6) is 0 Å². The maximum absolute atomic E-state index is 13.1. The lowest BCUT2D eigenvalue weighted by Gasteiger charge is -2.36. The van der Waals surface area contributed by atoms with E-state index < -0.39 is 0 Å². The number of benzene rings is 1. The Morgan fingerprint density at radius 3 is 2.62 bits per heavy atom. The number of fused-ring (bicyclic) bond motifs is 1. The van der Waals surface area contributed by atoms with Crippen LogP contribution in [0, 0.1) is 5.82 Å². The molecule has 7 heteroatoms. The lowest BCUT2D eigenvalue weighted by atomic mass is 10.2. The van der Waals surface area contributed by atoms with Crippen molar-refractivity contribution in [2.24, 2.45) is 10.7 Å². The standard InChI is InChI=1S/C19H21FN6/c20-16-4-6-17(7-5-16)24-9-11-25(12-10-24)19(21)22-13-15-14-23-26-8-2-1-3-18(15)26/h1-8,14H,9-13H2,(H2,21,22). The average Bonchev–Trinajstić information content (AvgIpc) is 3.10. The maximum atomic E-state index is 13.1. The summed E-state index contributed by atoms with van der Waals surface area (Å²) in [5.74, 6) is 0.343. The predicted molar refractivity (Wildman–Crippen MR) is 101 cm³/mol. The summed E-state index contributed by atoms with van der Waals surface area (Å²) in [6, 6.07) is 12.6. The summed E-state index contributed by atoms with van der Waals surface area (Å²) < 4.78 is 14.9. The highest BCUT2D eigenvalue weighted by atomic mass is 19.1. The Balaban J connectivity index is 1.37. The molecule has 134 valence electrons. The number of guanidine groups is 1. The van der Waals surface area contributed by atoms with E-state index in [1.54, 1.807) is 0 Å². The number of nitrogens with zero attached hydrogens (tertiary/aromatic N) is 5. The second-order valence-corrected chi connectivity index (χ2v) is 6.33. The molecule has 3 heterocycles. The molecule has 0 amide bonds. The molecule has 3 aromatic rings. The molecule has 2 aromatic heterocycles. The summed E-state index contributed by atoms with van der Waals surface area (Å²) in [4.78, 5) is 8.87. The van der Waals surface area contributed by atoms with Crippen molar-refractivity contribution in [1.82, 2.24) is 14.5 Å². The van der Waals surface area contributed by atoms with Gasteiger partial charge in [-0.25, -0.2) is 13.9 Å². The van der Waals surface area contributed by atoms with Gasteiger partial charge in [-0.05, 0) is 36.4 Å². The molecular weight excluding hydrogens is 331 g/mol. The first kappa shape index (κ1) is 16.4. The number of nitrogens with two attached hydrogens (primary N) is 1.